The minimum atomic E-state index is -0.642. The zero-order valence-electron chi connectivity index (χ0n) is 15.7. The van der Waals surface area contributed by atoms with Gasteiger partial charge in [0.1, 0.15) is 17.2 Å². The van der Waals surface area contributed by atoms with Gasteiger partial charge in [-0.1, -0.05) is 18.2 Å². The van der Waals surface area contributed by atoms with E-state index in [1.807, 2.05) is 0 Å². The van der Waals surface area contributed by atoms with E-state index in [0.717, 1.165) is 18.5 Å². The molecule has 4 rings (SSSR count). The molecule has 1 spiro atoms. The van der Waals surface area contributed by atoms with Crippen molar-refractivity contribution in [2.75, 3.05) is 13.1 Å². The lowest BCUT2D eigenvalue weighted by Crippen LogP contribution is -2.44. The maximum absolute atomic E-state index is 13.1. The van der Waals surface area contributed by atoms with E-state index in [-0.39, 0.29) is 11.6 Å². The van der Waals surface area contributed by atoms with Gasteiger partial charge in [-0.3, -0.25) is 19.7 Å². The van der Waals surface area contributed by atoms with Gasteiger partial charge < -0.3 is 4.74 Å². The van der Waals surface area contributed by atoms with Crippen LogP contribution in [0.4, 0.5) is 4.39 Å². The Morgan fingerprint density at radius 2 is 2.07 bits per heavy atom. The molecule has 0 radical (unpaired) electrons. The number of likely N-dealkylation sites (tertiary alicyclic amines) is 1. The van der Waals surface area contributed by atoms with Gasteiger partial charge >= 0.3 is 0 Å². The zero-order chi connectivity index (χ0) is 20.4. The molecule has 1 amide bonds. The summed E-state index contributed by atoms with van der Waals surface area (Å²) in [6.45, 7) is 2.12. The van der Waals surface area contributed by atoms with Gasteiger partial charge in [-0.15, -0.1) is 0 Å². The maximum Gasteiger partial charge on any atom is 0.267 e. The molecule has 1 fully saturated rings. The van der Waals surface area contributed by atoms with Crippen LogP contribution in [0.25, 0.3) is 6.08 Å². The maximum atomic E-state index is 13.1. The number of carbonyl (C=O) groups is 2. The van der Waals surface area contributed by atoms with Gasteiger partial charge in [-0.05, 0) is 41.5 Å². The van der Waals surface area contributed by atoms with Crippen molar-refractivity contribution < 1.29 is 23.9 Å². The Labute approximate surface area is 167 Å². The second-order valence-corrected chi connectivity index (χ2v) is 7.54. The van der Waals surface area contributed by atoms with Gasteiger partial charge in [0.15, 0.2) is 5.78 Å². The highest BCUT2D eigenvalue weighted by atomic mass is 19.1. The fourth-order valence-corrected chi connectivity index (χ4v) is 3.96. The van der Waals surface area contributed by atoms with E-state index in [1.54, 1.807) is 30.3 Å². The van der Waals surface area contributed by atoms with Crippen LogP contribution in [0.15, 0.2) is 48.5 Å². The lowest BCUT2D eigenvalue weighted by Gasteiger charge is -2.35. The summed E-state index contributed by atoms with van der Waals surface area (Å²) in [7, 11) is 0. The Bertz CT molecular complexity index is 973. The number of hydrogen-bond donors (Lipinski definition) is 2. The highest BCUT2D eigenvalue weighted by Gasteiger charge is 2.45. The third kappa shape index (κ3) is 4.21. The highest BCUT2D eigenvalue weighted by molar-refractivity contribution is 6.01. The van der Waals surface area contributed by atoms with Crippen LogP contribution in [0, 0.1) is 5.82 Å². The SMILES string of the molecule is O=C(C=Cc1ccc2c(c1)C(=O)CC1(CCN(Cc3ccc(F)cc3)C1)O2)NO. The first kappa shape index (κ1) is 19.3. The van der Waals surface area contributed by atoms with Gasteiger partial charge in [0.2, 0.25) is 0 Å². The number of hydrogen-bond acceptors (Lipinski definition) is 5. The number of benzene rings is 2. The molecule has 2 aromatic carbocycles. The van der Waals surface area contributed by atoms with Crippen molar-refractivity contribution in [1.82, 2.24) is 10.4 Å². The standard InChI is InChI=1S/C22H21FN2O4/c23-17-5-1-16(2-6-17)13-25-10-9-22(14-25)12-19(26)18-11-15(3-7-20(18)29-22)4-8-21(27)24-28/h1-8,11,28H,9-10,12-14H2,(H,24,27). The fourth-order valence-electron chi connectivity index (χ4n) is 3.96. The van der Waals surface area contributed by atoms with E-state index in [9.17, 15) is 14.0 Å². The first-order chi connectivity index (χ1) is 14.0. The predicted octanol–water partition coefficient (Wildman–Crippen LogP) is 2.95. The summed E-state index contributed by atoms with van der Waals surface area (Å²) < 4.78 is 19.4. The molecule has 2 N–H and O–H groups in total. The number of halogens is 1. The average Bonchev–Trinajstić information content (AvgIpc) is 3.09. The minimum absolute atomic E-state index is 0.0109. The Kier molecular flexibility index (Phi) is 5.17. The molecule has 1 atom stereocenters. The molecule has 1 unspecified atom stereocenters. The van der Waals surface area contributed by atoms with Crippen molar-refractivity contribution in [2.24, 2.45) is 0 Å². The first-order valence-corrected chi connectivity index (χ1v) is 9.42. The number of ketones is 1. The Hall–Kier alpha value is -3.03. The molecule has 2 aromatic rings. The van der Waals surface area contributed by atoms with E-state index in [1.165, 1.54) is 29.8 Å². The molecule has 0 saturated carbocycles. The van der Waals surface area contributed by atoms with Gasteiger partial charge in [-0.25, -0.2) is 9.87 Å². The lowest BCUT2D eigenvalue weighted by atomic mass is 9.88. The van der Waals surface area contributed by atoms with Gasteiger partial charge in [0.05, 0.1) is 12.0 Å². The molecule has 2 aliphatic heterocycles. The first-order valence-electron chi connectivity index (χ1n) is 9.42. The number of nitrogens with zero attached hydrogens (tertiary/aromatic N) is 1. The summed E-state index contributed by atoms with van der Waals surface area (Å²) in [5, 5.41) is 8.55. The molecule has 0 bridgehead atoms. The number of hydroxylamine groups is 1. The van der Waals surface area contributed by atoms with Crippen molar-refractivity contribution >= 4 is 17.8 Å². The van der Waals surface area contributed by atoms with Crippen molar-refractivity contribution in [3.05, 3.63) is 71.0 Å². The van der Waals surface area contributed by atoms with Crippen LogP contribution in [-0.2, 0) is 11.3 Å². The summed E-state index contributed by atoms with van der Waals surface area (Å²) in [6.07, 6.45) is 3.74. The van der Waals surface area contributed by atoms with E-state index in [2.05, 4.69) is 4.90 Å². The molecule has 150 valence electrons. The smallest absolute Gasteiger partial charge is 0.267 e. The third-order valence-corrected chi connectivity index (χ3v) is 5.37. The monoisotopic (exact) mass is 396 g/mol. The number of nitrogens with one attached hydrogen (secondary N) is 1. The Morgan fingerprint density at radius 3 is 2.83 bits per heavy atom. The lowest BCUT2D eigenvalue weighted by molar-refractivity contribution is -0.124. The molecule has 2 heterocycles. The highest BCUT2D eigenvalue weighted by Crippen LogP contribution is 2.39. The Balaban J connectivity index is 1.47. The third-order valence-electron chi connectivity index (χ3n) is 5.37. The number of rotatable bonds is 4. The van der Waals surface area contributed by atoms with Crippen molar-refractivity contribution in [3.63, 3.8) is 0 Å². The van der Waals surface area contributed by atoms with Crippen molar-refractivity contribution in [2.45, 2.75) is 25.0 Å². The van der Waals surface area contributed by atoms with E-state index < -0.39 is 11.5 Å². The second kappa shape index (κ2) is 7.77. The van der Waals surface area contributed by atoms with E-state index >= 15 is 0 Å². The predicted molar refractivity (Wildman–Crippen MR) is 104 cm³/mol. The van der Waals surface area contributed by atoms with Gasteiger partial charge in [0.25, 0.3) is 5.91 Å². The Morgan fingerprint density at radius 1 is 1.28 bits per heavy atom. The minimum Gasteiger partial charge on any atom is -0.485 e. The van der Waals surface area contributed by atoms with Crippen LogP contribution >= 0.6 is 0 Å². The summed E-state index contributed by atoms with van der Waals surface area (Å²) in [5.74, 6) is -0.336. The largest absolute Gasteiger partial charge is 0.485 e. The molecule has 6 nitrogen and oxygen atoms in total. The average molecular weight is 396 g/mol. The fraction of sp³-hybridized carbons (Fsp3) is 0.273. The molecule has 0 aliphatic carbocycles. The van der Waals surface area contributed by atoms with Crippen LogP contribution in [0.5, 0.6) is 5.75 Å². The molecular weight excluding hydrogens is 375 g/mol. The number of ether oxygens (including phenoxy) is 1. The van der Waals surface area contributed by atoms with Crippen molar-refractivity contribution in [3.8, 4) is 5.75 Å². The zero-order valence-corrected chi connectivity index (χ0v) is 15.7. The molecule has 7 heteroatoms. The van der Waals surface area contributed by atoms with Gasteiger partial charge in [0, 0.05) is 32.1 Å². The second-order valence-electron chi connectivity index (χ2n) is 7.54. The summed E-state index contributed by atoms with van der Waals surface area (Å²) in [4.78, 5) is 26.2. The number of carbonyl (C=O) groups excluding carboxylic acids is 2. The number of amides is 1. The van der Waals surface area contributed by atoms with Crippen molar-refractivity contribution in [1.29, 1.82) is 0 Å². The number of Topliss-reactive ketones (excluding diaryl/α,β-unsaturated/α-hetero) is 1. The molecule has 2 aliphatic rings. The van der Waals surface area contributed by atoms with Gasteiger partial charge in [-0.2, -0.15) is 0 Å². The normalized spacial score (nSPS) is 21.4. The molecule has 0 aromatic heterocycles. The summed E-state index contributed by atoms with van der Waals surface area (Å²) in [6, 6.07) is 11.6. The van der Waals surface area contributed by atoms with Crippen LogP contribution in [0.3, 0.4) is 0 Å². The topological polar surface area (TPSA) is 78.9 Å². The summed E-state index contributed by atoms with van der Waals surface area (Å²) >= 11 is 0. The van der Waals surface area contributed by atoms with Crippen LogP contribution in [0.1, 0.15) is 34.3 Å². The van der Waals surface area contributed by atoms with E-state index in [4.69, 9.17) is 9.94 Å². The summed E-state index contributed by atoms with van der Waals surface area (Å²) in [5.41, 5.74) is 3.17. The van der Waals surface area contributed by atoms with Crippen LogP contribution in [0.2, 0.25) is 0 Å². The molecular formula is C22H21FN2O4. The quantitative estimate of drug-likeness (QED) is 0.472. The number of fused-ring (bicyclic) bond motifs is 1. The molecule has 29 heavy (non-hydrogen) atoms. The van der Waals surface area contributed by atoms with Crippen LogP contribution in [-0.4, -0.2) is 40.5 Å². The molecule has 1 saturated heterocycles. The van der Waals surface area contributed by atoms with Crippen LogP contribution < -0.4 is 10.2 Å². The van der Waals surface area contributed by atoms with E-state index in [0.29, 0.717) is 36.4 Å².